The minimum absolute atomic E-state index is 0.343. The van der Waals surface area contributed by atoms with E-state index >= 15 is 0 Å². The molecule has 21 heavy (non-hydrogen) atoms. The van der Waals surface area contributed by atoms with Crippen molar-refractivity contribution < 1.29 is 9.53 Å². The fraction of sp³-hybridized carbons (Fsp3) is 0. The van der Waals surface area contributed by atoms with Gasteiger partial charge in [0.15, 0.2) is 0 Å². The Hall–Kier alpha value is -1.40. The molecule has 0 radical (unpaired) electrons. The van der Waals surface area contributed by atoms with E-state index in [4.69, 9.17) is 4.74 Å². The second-order valence-electron chi connectivity index (χ2n) is 4.55. The lowest BCUT2D eigenvalue weighted by Crippen LogP contribution is -2.08. The molecule has 0 aliphatic rings. The molecular formula is C17H10BrIO2. The molecule has 4 heteroatoms. The Morgan fingerprint density at radius 1 is 0.952 bits per heavy atom. The molecule has 0 bridgehead atoms. The molecule has 0 aliphatic heterocycles. The first-order valence-electron chi connectivity index (χ1n) is 6.29. The quantitative estimate of drug-likeness (QED) is 0.294. The van der Waals surface area contributed by atoms with Gasteiger partial charge in [-0.15, -0.1) is 0 Å². The van der Waals surface area contributed by atoms with Gasteiger partial charge >= 0.3 is 5.97 Å². The molecule has 0 unspecified atom stereocenters. The molecule has 0 amide bonds. The lowest BCUT2D eigenvalue weighted by atomic mass is 10.1. The number of benzene rings is 3. The molecule has 0 atom stereocenters. The molecule has 0 saturated heterocycles. The van der Waals surface area contributed by atoms with Crippen LogP contribution < -0.4 is 4.74 Å². The Morgan fingerprint density at radius 3 is 2.52 bits per heavy atom. The maximum Gasteiger partial charge on any atom is 0.343 e. The minimum Gasteiger partial charge on any atom is -0.423 e. The second kappa shape index (κ2) is 6.15. The smallest absolute Gasteiger partial charge is 0.343 e. The van der Waals surface area contributed by atoms with E-state index in [-0.39, 0.29) is 5.97 Å². The minimum atomic E-state index is -0.343. The van der Waals surface area contributed by atoms with Crippen molar-refractivity contribution in [2.24, 2.45) is 0 Å². The Morgan fingerprint density at radius 2 is 1.71 bits per heavy atom. The maximum absolute atomic E-state index is 12.1. The van der Waals surface area contributed by atoms with Crippen molar-refractivity contribution in [3.8, 4) is 5.75 Å². The molecule has 3 aromatic carbocycles. The predicted octanol–water partition coefficient (Wildman–Crippen LogP) is 5.43. The Balaban J connectivity index is 1.87. The van der Waals surface area contributed by atoms with E-state index in [1.54, 1.807) is 18.2 Å². The fourth-order valence-electron chi connectivity index (χ4n) is 2.04. The summed E-state index contributed by atoms with van der Waals surface area (Å²) in [4.78, 5) is 12.1. The van der Waals surface area contributed by atoms with Crippen molar-refractivity contribution in [1.82, 2.24) is 0 Å². The summed E-state index contributed by atoms with van der Waals surface area (Å²) in [6.45, 7) is 0. The van der Waals surface area contributed by atoms with Gasteiger partial charge in [-0.3, -0.25) is 0 Å². The summed E-state index contributed by atoms with van der Waals surface area (Å²) in [5.74, 6) is 0.207. The largest absolute Gasteiger partial charge is 0.423 e. The van der Waals surface area contributed by atoms with Gasteiger partial charge in [0.25, 0.3) is 0 Å². The monoisotopic (exact) mass is 452 g/mol. The summed E-state index contributed by atoms with van der Waals surface area (Å²) in [5, 5.41) is 2.13. The summed E-state index contributed by atoms with van der Waals surface area (Å²) < 4.78 is 7.47. The Kier molecular flexibility index (Phi) is 4.26. The van der Waals surface area contributed by atoms with Gasteiger partial charge in [0.1, 0.15) is 5.75 Å². The number of ether oxygens (including phenoxy) is 1. The van der Waals surface area contributed by atoms with Gasteiger partial charge in [0, 0.05) is 8.04 Å². The van der Waals surface area contributed by atoms with Crippen LogP contribution in [0.4, 0.5) is 0 Å². The molecule has 0 heterocycles. The zero-order valence-corrected chi connectivity index (χ0v) is 14.6. The van der Waals surface area contributed by atoms with Crippen LogP contribution in [0.2, 0.25) is 0 Å². The van der Waals surface area contributed by atoms with Crippen LogP contribution in [0.1, 0.15) is 10.4 Å². The van der Waals surface area contributed by atoms with Crippen LogP contribution in [0.5, 0.6) is 5.75 Å². The van der Waals surface area contributed by atoms with E-state index in [9.17, 15) is 4.79 Å². The molecule has 0 saturated carbocycles. The van der Waals surface area contributed by atoms with E-state index in [0.29, 0.717) is 11.3 Å². The first-order chi connectivity index (χ1) is 10.1. The summed E-state index contributed by atoms with van der Waals surface area (Å²) in [7, 11) is 0. The van der Waals surface area contributed by atoms with E-state index in [2.05, 4.69) is 38.5 Å². The highest BCUT2D eigenvalue weighted by Crippen LogP contribution is 2.24. The van der Waals surface area contributed by atoms with E-state index in [1.165, 1.54) is 0 Å². The number of halogens is 2. The number of hydrogen-bond donors (Lipinski definition) is 0. The van der Waals surface area contributed by atoms with E-state index in [1.807, 2.05) is 42.5 Å². The second-order valence-corrected chi connectivity index (χ2v) is 6.71. The topological polar surface area (TPSA) is 26.3 Å². The summed E-state index contributed by atoms with van der Waals surface area (Å²) in [6.07, 6.45) is 0. The fourth-order valence-corrected chi connectivity index (χ4v) is 2.96. The van der Waals surface area contributed by atoms with Crippen molar-refractivity contribution >= 4 is 55.3 Å². The highest BCUT2D eigenvalue weighted by atomic mass is 127. The number of fused-ring (bicyclic) bond motifs is 1. The lowest BCUT2D eigenvalue weighted by molar-refractivity contribution is 0.0735. The van der Waals surface area contributed by atoms with Gasteiger partial charge in [-0.25, -0.2) is 4.79 Å². The third-order valence-corrected chi connectivity index (χ3v) is 4.21. The third-order valence-electron chi connectivity index (χ3n) is 3.04. The first kappa shape index (κ1) is 14.5. The van der Waals surface area contributed by atoms with Crippen LogP contribution >= 0.6 is 38.5 Å². The highest BCUT2D eigenvalue weighted by Gasteiger charge is 2.09. The number of hydrogen-bond acceptors (Lipinski definition) is 2. The van der Waals surface area contributed by atoms with Gasteiger partial charge in [0.2, 0.25) is 0 Å². The lowest BCUT2D eigenvalue weighted by Gasteiger charge is -2.06. The van der Waals surface area contributed by atoms with Crippen LogP contribution in [-0.4, -0.2) is 5.97 Å². The van der Waals surface area contributed by atoms with Gasteiger partial charge in [-0.1, -0.05) is 34.1 Å². The van der Waals surface area contributed by atoms with Crippen LogP contribution in [0.25, 0.3) is 10.8 Å². The van der Waals surface area contributed by atoms with Crippen molar-refractivity contribution in [2.75, 3.05) is 0 Å². The van der Waals surface area contributed by atoms with Gasteiger partial charge in [0.05, 0.1) is 5.56 Å². The Bertz CT molecular complexity index is 830. The predicted molar refractivity (Wildman–Crippen MR) is 95.8 cm³/mol. The zero-order valence-electron chi connectivity index (χ0n) is 10.8. The number of carbonyl (C=O) groups excluding carboxylic acids is 1. The molecule has 3 aromatic rings. The SMILES string of the molecule is O=C(Oc1ccc2cc(Br)ccc2c1)c1cccc(I)c1. The molecular weight excluding hydrogens is 443 g/mol. The molecule has 0 N–H and O–H groups in total. The van der Waals surface area contributed by atoms with Crippen molar-refractivity contribution in [1.29, 1.82) is 0 Å². The maximum atomic E-state index is 12.1. The highest BCUT2D eigenvalue weighted by molar-refractivity contribution is 14.1. The third kappa shape index (κ3) is 3.44. The van der Waals surface area contributed by atoms with Crippen LogP contribution in [0.15, 0.2) is 65.1 Å². The first-order valence-corrected chi connectivity index (χ1v) is 8.16. The molecule has 0 aliphatic carbocycles. The van der Waals surface area contributed by atoms with Crippen LogP contribution in [-0.2, 0) is 0 Å². The standard InChI is InChI=1S/C17H10BrIO2/c18-14-6-4-12-10-16(7-5-11(12)8-14)21-17(20)13-2-1-3-15(19)9-13/h1-10H. The molecule has 0 aromatic heterocycles. The van der Waals surface area contributed by atoms with Crippen molar-refractivity contribution in [2.45, 2.75) is 0 Å². The molecule has 0 fully saturated rings. The van der Waals surface area contributed by atoms with Gasteiger partial charge in [-0.2, -0.15) is 0 Å². The molecule has 2 nitrogen and oxygen atoms in total. The summed E-state index contributed by atoms with van der Waals surface area (Å²) in [6, 6.07) is 18.9. The van der Waals surface area contributed by atoms with Crippen molar-refractivity contribution in [3.63, 3.8) is 0 Å². The molecule has 104 valence electrons. The molecule has 0 spiro atoms. The average molecular weight is 453 g/mol. The normalized spacial score (nSPS) is 10.6. The van der Waals surface area contributed by atoms with E-state index in [0.717, 1.165) is 18.8 Å². The van der Waals surface area contributed by atoms with Crippen LogP contribution in [0, 0.1) is 3.57 Å². The summed E-state index contributed by atoms with van der Waals surface area (Å²) >= 11 is 5.61. The van der Waals surface area contributed by atoms with E-state index < -0.39 is 0 Å². The van der Waals surface area contributed by atoms with Gasteiger partial charge in [-0.05, 0) is 75.8 Å². The zero-order chi connectivity index (χ0) is 14.8. The van der Waals surface area contributed by atoms with Crippen LogP contribution in [0.3, 0.4) is 0 Å². The average Bonchev–Trinajstić information content (AvgIpc) is 2.47. The number of rotatable bonds is 2. The number of carbonyl (C=O) groups is 1. The summed E-state index contributed by atoms with van der Waals surface area (Å²) in [5.41, 5.74) is 0.554. The molecule has 3 rings (SSSR count). The van der Waals surface area contributed by atoms with Crippen molar-refractivity contribution in [3.05, 3.63) is 74.3 Å². The number of esters is 1. The van der Waals surface area contributed by atoms with Gasteiger partial charge < -0.3 is 4.74 Å². The Labute approximate surface area is 144 Å².